The molecule has 170 valence electrons. The summed E-state index contributed by atoms with van der Waals surface area (Å²) >= 11 is 3.41. The summed E-state index contributed by atoms with van der Waals surface area (Å²) in [6, 6.07) is 16.8. The van der Waals surface area contributed by atoms with E-state index in [9.17, 15) is 14.7 Å². The molecule has 8 heteroatoms. The number of amides is 1. The van der Waals surface area contributed by atoms with Crippen LogP contribution in [0.1, 0.15) is 27.7 Å². The van der Waals surface area contributed by atoms with E-state index in [1.165, 1.54) is 12.0 Å². The van der Waals surface area contributed by atoms with Crippen molar-refractivity contribution in [2.45, 2.75) is 12.6 Å². The molecule has 0 spiro atoms. The second-order valence-corrected chi connectivity index (χ2v) is 8.74. The number of aliphatic hydroxyl groups excluding tert-OH is 1. The molecule has 1 unspecified atom stereocenters. The number of ketones is 1. The predicted molar refractivity (Wildman–Crippen MR) is 128 cm³/mol. The molecule has 1 aliphatic rings. The first-order valence-electron chi connectivity index (χ1n) is 10.5. The maximum absolute atomic E-state index is 13.7. The highest BCUT2D eigenvalue weighted by Gasteiger charge is 2.45. The van der Waals surface area contributed by atoms with Crippen LogP contribution in [0.5, 0.6) is 5.75 Å². The smallest absolute Gasteiger partial charge is 0.290 e. The van der Waals surface area contributed by atoms with Gasteiger partial charge in [-0.2, -0.15) is 0 Å². The van der Waals surface area contributed by atoms with Crippen LogP contribution in [0.2, 0.25) is 0 Å². The number of carbonyl (C=O) groups excluding carboxylic acids is 2. The first kappa shape index (κ1) is 21.9. The van der Waals surface area contributed by atoms with E-state index in [-0.39, 0.29) is 17.9 Å². The van der Waals surface area contributed by atoms with Gasteiger partial charge in [0.2, 0.25) is 5.78 Å². The number of Topliss-reactive ketones (excluding diaryl/α,β-unsaturated/α-hetero) is 1. The molecule has 1 aliphatic heterocycles. The van der Waals surface area contributed by atoms with Crippen LogP contribution in [0.3, 0.4) is 0 Å². The lowest BCUT2D eigenvalue weighted by Crippen LogP contribution is -2.31. The van der Waals surface area contributed by atoms with Crippen molar-refractivity contribution in [3.05, 3.63) is 106 Å². The maximum atomic E-state index is 13.7. The average Bonchev–Trinajstić information content (AvgIpc) is 3.38. The molecule has 4 aromatic rings. The first-order chi connectivity index (χ1) is 16.5. The Morgan fingerprint density at radius 1 is 1.18 bits per heavy atom. The molecule has 1 atom stereocenters. The standard InChI is InChI=1S/C26H19BrN2O5/c1-33-20-7-3-2-6-18(20)23-22(24(30)21-12-16-11-17(27)8-9-19(16)34-21)25(31)26(32)29(23)14-15-5-4-10-28-13-15/h2-13,23,31H,14H2,1H3. The van der Waals surface area contributed by atoms with Crippen LogP contribution in [-0.4, -0.2) is 33.8 Å². The second-order valence-electron chi connectivity index (χ2n) is 7.82. The Morgan fingerprint density at radius 3 is 2.76 bits per heavy atom. The monoisotopic (exact) mass is 518 g/mol. The van der Waals surface area contributed by atoms with Crippen molar-refractivity contribution in [1.29, 1.82) is 0 Å². The van der Waals surface area contributed by atoms with Gasteiger partial charge in [-0.05, 0) is 42.0 Å². The third kappa shape index (κ3) is 3.76. The summed E-state index contributed by atoms with van der Waals surface area (Å²) < 4.78 is 12.2. The van der Waals surface area contributed by atoms with E-state index in [4.69, 9.17) is 9.15 Å². The van der Waals surface area contributed by atoms with Crippen molar-refractivity contribution in [2.75, 3.05) is 7.11 Å². The number of aromatic nitrogens is 1. The van der Waals surface area contributed by atoms with Crippen LogP contribution >= 0.6 is 15.9 Å². The molecular weight excluding hydrogens is 500 g/mol. The van der Waals surface area contributed by atoms with Gasteiger partial charge in [-0.15, -0.1) is 0 Å². The minimum absolute atomic E-state index is 0.0329. The number of nitrogens with zero attached hydrogens (tertiary/aromatic N) is 2. The molecule has 0 bridgehead atoms. The molecule has 2 aromatic heterocycles. The van der Waals surface area contributed by atoms with Crippen molar-refractivity contribution in [2.24, 2.45) is 0 Å². The summed E-state index contributed by atoms with van der Waals surface area (Å²) in [6.07, 6.45) is 3.28. The Labute approximate surface area is 203 Å². The number of benzene rings is 2. The van der Waals surface area contributed by atoms with Crippen LogP contribution in [0, 0.1) is 0 Å². The van der Waals surface area contributed by atoms with Crippen molar-refractivity contribution in [3.8, 4) is 5.75 Å². The van der Waals surface area contributed by atoms with Gasteiger partial charge < -0.3 is 19.2 Å². The Bertz CT molecular complexity index is 1440. The molecule has 0 aliphatic carbocycles. The number of methoxy groups -OCH3 is 1. The fraction of sp³-hybridized carbons (Fsp3) is 0.115. The molecule has 1 N–H and O–H groups in total. The molecule has 0 radical (unpaired) electrons. The third-order valence-corrected chi connectivity index (χ3v) is 6.25. The van der Waals surface area contributed by atoms with Gasteiger partial charge in [-0.25, -0.2) is 0 Å². The fourth-order valence-electron chi connectivity index (χ4n) is 4.21. The summed E-state index contributed by atoms with van der Waals surface area (Å²) in [5, 5.41) is 11.6. The molecule has 34 heavy (non-hydrogen) atoms. The number of pyridine rings is 1. The fourth-order valence-corrected chi connectivity index (χ4v) is 4.59. The largest absolute Gasteiger partial charge is 0.503 e. The van der Waals surface area contributed by atoms with Crippen LogP contribution in [0.15, 0.2) is 93.3 Å². The van der Waals surface area contributed by atoms with Crippen LogP contribution in [0.25, 0.3) is 11.0 Å². The number of hydrogen-bond acceptors (Lipinski definition) is 6. The lowest BCUT2D eigenvalue weighted by atomic mass is 9.94. The Kier molecular flexibility index (Phi) is 5.67. The number of fused-ring (bicyclic) bond motifs is 1. The minimum Gasteiger partial charge on any atom is -0.503 e. The highest BCUT2D eigenvalue weighted by Crippen LogP contribution is 2.43. The van der Waals surface area contributed by atoms with Crippen LogP contribution < -0.4 is 4.74 Å². The van der Waals surface area contributed by atoms with Gasteiger partial charge in [0, 0.05) is 34.4 Å². The zero-order chi connectivity index (χ0) is 23.8. The molecule has 0 saturated carbocycles. The molecule has 0 saturated heterocycles. The summed E-state index contributed by atoms with van der Waals surface area (Å²) in [5.41, 5.74) is 1.80. The Balaban J connectivity index is 1.63. The molecule has 3 heterocycles. The average molecular weight is 519 g/mol. The summed E-state index contributed by atoms with van der Waals surface area (Å²) in [6.45, 7) is 0.142. The van der Waals surface area contributed by atoms with E-state index in [0.29, 0.717) is 16.9 Å². The highest BCUT2D eigenvalue weighted by molar-refractivity contribution is 9.10. The summed E-state index contributed by atoms with van der Waals surface area (Å²) in [7, 11) is 1.52. The van der Waals surface area contributed by atoms with Crippen molar-refractivity contribution >= 4 is 38.6 Å². The number of halogens is 1. The second kappa shape index (κ2) is 8.79. The van der Waals surface area contributed by atoms with E-state index in [0.717, 1.165) is 15.4 Å². The zero-order valence-corrected chi connectivity index (χ0v) is 19.7. The van der Waals surface area contributed by atoms with Gasteiger partial charge in [-0.1, -0.05) is 40.2 Å². The quantitative estimate of drug-likeness (QED) is 0.344. The molecular formula is C26H19BrN2O5. The van der Waals surface area contributed by atoms with Crippen LogP contribution in [-0.2, 0) is 11.3 Å². The van der Waals surface area contributed by atoms with Crippen molar-refractivity contribution in [1.82, 2.24) is 9.88 Å². The van der Waals surface area contributed by atoms with E-state index < -0.39 is 23.5 Å². The zero-order valence-electron chi connectivity index (χ0n) is 18.1. The van der Waals surface area contributed by atoms with E-state index >= 15 is 0 Å². The van der Waals surface area contributed by atoms with Crippen molar-refractivity contribution < 1.29 is 23.8 Å². The van der Waals surface area contributed by atoms with Gasteiger partial charge >= 0.3 is 0 Å². The topological polar surface area (TPSA) is 92.9 Å². The lowest BCUT2D eigenvalue weighted by molar-refractivity contribution is -0.130. The van der Waals surface area contributed by atoms with E-state index in [1.807, 2.05) is 18.2 Å². The molecule has 0 fully saturated rings. The van der Waals surface area contributed by atoms with Gasteiger partial charge in [0.25, 0.3) is 5.91 Å². The summed E-state index contributed by atoms with van der Waals surface area (Å²) in [5.74, 6) is -1.30. The number of furan rings is 1. The minimum atomic E-state index is -0.878. The van der Waals surface area contributed by atoms with Gasteiger partial charge in [0.15, 0.2) is 11.5 Å². The molecule has 7 nitrogen and oxygen atoms in total. The lowest BCUT2D eigenvalue weighted by Gasteiger charge is -2.27. The predicted octanol–water partition coefficient (Wildman–Crippen LogP) is 5.38. The Hall–Kier alpha value is -3.91. The number of ether oxygens (including phenoxy) is 1. The highest BCUT2D eigenvalue weighted by atomic mass is 79.9. The maximum Gasteiger partial charge on any atom is 0.290 e. The molecule has 1 amide bonds. The van der Waals surface area contributed by atoms with E-state index in [2.05, 4.69) is 20.9 Å². The van der Waals surface area contributed by atoms with Crippen molar-refractivity contribution in [3.63, 3.8) is 0 Å². The SMILES string of the molecule is COc1ccccc1C1C(C(=O)c2cc3cc(Br)ccc3o2)=C(O)C(=O)N1Cc1cccnc1. The molecule has 2 aromatic carbocycles. The van der Waals surface area contributed by atoms with E-state index in [1.54, 1.807) is 54.9 Å². The number of aliphatic hydroxyl groups is 1. The number of rotatable bonds is 6. The summed E-state index contributed by atoms with van der Waals surface area (Å²) in [4.78, 5) is 32.5. The molecule has 5 rings (SSSR count). The number of para-hydroxylation sites is 1. The Morgan fingerprint density at radius 2 is 2.00 bits per heavy atom. The number of carbonyl (C=O) groups is 2. The normalized spacial score (nSPS) is 15.9. The van der Waals surface area contributed by atoms with Gasteiger partial charge in [0.1, 0.15) is 11.3 Å². The van der Waals surface area contributed by atoms with Gasteiger partial charge in [-0.3, -0.25) is 14.6 Å². The van der Waals surface area contributed by atoms with Gasteiger partial charge in [0.05, 0.1) is 18.7 Å². The third-order valence-electron chi connectivity index (χ3n) is 5.76. The first-order valence-corrected chi connectivity index (χ1v) is 11.3. The van der Waals surface area contributed by atoms with Crippen LogP contribution in [0.4, 0.5) is 0 Å². The number of hydrogen-bond donors (Lipinski definition) is 1.